The minimum Gasteiger partial charge on any atom is -0.339 e. The van der Waals surface area contributed by atoms with Gasteiger partial charge in [-0.15, -0.1) is 0 Å². The van der Waals surface area contributed by atoms with Crippen molar-refractivity contribution in [3.63, 3.8) is 0 Å². The Morgan fingerprint density at radius 3 is 1.55 bits per heavy atom. The minimum absolute atomic E-state index is 0.116. The van der Waals surface area contributed by atoms with E-state index in [9.17, 15) is 14.4 Å². The van der Waals surface area contributed by atoms with Crippen LogP contribution in [-0.2, 0) is 18.2 Å². The zero-order chi connectivity index (χ0) is 26.2. The average Bonchev–Trinajstić information content (AvgIpc) is 3.09. The number of halogens is 2. The van der Waals surface area contributed by atoms with Gasteiger partial charge in [0.15, 0.2) is 0 Å². The van der Waals surface area contributed by atoms with Gasteiger partial charge < -0.3 is 4.90 Å². The van der Waals surface area contributed by atoms with Crippen LogP contribution in [0.25, 0.3) is 0 Å². The second-order valence-electron chi connectivity index (χ2n) is 10.7. The number of likely N-dealkylation sites (tertiary alicyclic amines) is 1. The van der Waals surface area contributed by atoms with E-state index in [4.69, 9.17) is 0 Å². The summed E-state index contributed by atoms with van der Waals surface area (Å²) in [5.74, 6) is -2.00. The van der Waals surface area contributed by atoms with Gasteiger partial charge in [-0.2, -0.15) is 0 Å². The Hall–Kier alpha value is -2.77. The lowest BCUT2D eigenvalue weighted by Gasteiger charge is -2.55. The summed E-state index contributed by atoms with van der Waals surface area (Å²) in [6.07, 6.45) is 4.15. The Morgan fingerprint density at radius 2 is 1.08 bits per heavy atom. The lowest BCUT2D eigenvalue weighted by atomic mass is 9.54. The Kier molecular flexibility index (Phi) is 5.51. The largest absolute Gasteiger partial charge is 0.339 e. The van der Waals surface area contributed by atoms with Crippen molar-refractivity contribution in [1.82, 2.24) is 4.90 Å². The molecule has 2 aliphatic heterocycles. The van der Waals surface area contributed by atoms with Crippen LogP contribution in [0.15, 0.2) is 72.8 Å². The zero-order valence-corrected chi connectivity index (χ0v) is 23.9. The van der Waals surface area contributed by atoms with E-state index in [0.717, 1.165) is 47.9 Å². The summed E-state index contributed by atoms with van der Waals surface area (Å²) in [7, 11) is 0. The summed E-state index contributed by atoms with van der Waals surface area (Å²) in [6, 6.07) is 23.2. The van der Waals surface area contributed by atoms with E-state index >= 15 is 0 Å². The van der Waals surface area contributed by atoms with Crippen LogP contribution in [0.1, 0.15) is 58.3 Å². The second-order valence-corrected chi connectivity index (χ2v) is 13.2. The molecule has 2 saturated heterocycles. The van der Waals surface area contributed by atoms with E-state index in [2.05, 4.69) is 31.9 Å². The van der Waals surface area contributed by atoms with Gasteiger partial charge in [-0.3, -0.25) is 14.4 Å². The molecule has 0 aromatic heterocycles. The molecular formula is C31H26Br2N2O3. The van der Waals surface area contributed by atoms with Gasteiger partial charge in [-0.25, -0.2) is 4.90 Å². The maximum absolute atomic E-state index is 14.4. The van der Waals surface area contributed by atoms with Crippen LogP contribution >= 0.6 is 31.9 Å². The molecule has 0 saturated carbocycles. The third-order valence-electron chi connectivity index (χ3n) is 8.85. The lowest BCUT2D eigenvalue weighted by Crippen LogP contribution is -2.56. The zero-order valence-electron chi connectivity index (χ0n) is 20.7. The minimum atomic E-state index is -0.856. The van der Waals surface area contributed by atoms with Crippen LogP contribution < -0.4 is 4.90 Å². The summed E-state index contributed by atoms with van der Waals surface area (Å²) in [5, 5.41) is 0. The standard InChI is InChI=1S/C31H26Br2N2O3/c32-30-20-12-4-5-13-21(20)31(33,23-15-7-6-14-22(23)30)26-25(30)28(37)35(29(26)38)24-16-8-3-11-19(24)27(36)34-17-9-1-2-10-18-34/h3-8,11-16,25-26H,1-2,9-10,17-18H2/t25-,26-,30?,31?/m0/s1. The van der Waals surface area contributed by atoms with Gasteiger partial charge in [0.05, 0.1) is 31.7 Å². The number of amides is 3. The first-order chi connectivity index (χ1) is 18.4. The quantitative estimate of drug-likeness (QED) is 0.253. The van der Waals surface area contributed by atoms with Crippen molar-refractivity contribution in [1.29, 1.82) is 0 Å². The summed E-state index contributed by atoms with van der Waals surface area (Å²) >= 11 is 8.10. The van der Waals surface area contributed by atoms with Crippen molar-refractivity contribution >= 4 is 55.3 Å². The van der Waals surface area contributed by atoms with Gasteiger partial charge in [0.25, 0.3) is 5.91 Å². The summed E-state index contributed by atoms with van der Waals surface area (Å²) < 4.78 is -1.71. The van der Waals surface area contributed by atoms with E-state index in [1.54, 1.807) is 24.3 Å². The third-order valence-corrected chi connectivity index (χ3v) is 11.5. The van der Waals surface area contributed by atoms with Crippen LogP contribution in [0.5, 0.6) is 0 Å². The Balaban J connectivity index is 1.39. The van der Waals surface area contributed by atoms with Crippen molar-refractivity contribution in [2.75, 3.05) is 18.0 Å². The number of carbonyl (C=O) groups is 3. The van der Waals surface area contributed by atoms with Gasteiger partial charge in [-0.05, 0) is 47.2 Å². The number of benzene rings is 3. The fourth-order valence-corrected chi connectivity index (χ4v) is 9.50. The first-order valence-corrected chi connectivity index (χ1v) is 14.8. The molecule has 8 rings (SSSR count). The molecule has 0 unspecified atom stereocenters. The number of alkyl halides is 2. The molecule has 3 aromatic carbocycles. The number of hydrogen-bond donors (Lipinski definition) is 0. The molecule has 0 N–H and O–H groups in total. The number of carbonyl (C=O) groups excluding carboxylic acids is 3. The van der Waals surface area contributed by atoms with Crippen LogP contribution in [0.2, 0.25) is 0 Å². The molecule has 2 bridgehead atoms. The second kappa shape index (κ2) is 8.62. The Morgan fingerprint density at radius 1 is 0.658 bits per heavy atom. The van der Waals surface area contributed by atoms with Gasteiger partial charge in [0, 0.05) is 13.1 Å². The molecule has 3 aliphatic carbocycles. The maximum Gasteiger partial charge on any atom is 0.255 e. The normalized spacial score (nSPS) is 29.5. The predicted molar refractivity (Wildman–Crippen MR) is 153 cm³/mol. The van der Waals surface area contributed by atoms with Crippen molar-refractivity contribution in [3.05, 3.63) is 101 Å². The fourth-order valence-electron chi connectivity index (χ4n) is 7.20. The number of rotatable bonds is 2. The molecule has 38 heavy (non-hydrogen) atoms. The predicted octanol–water partition coefficient (Wildman–Crippen LogP) is 6.11. The molecule has 5 aliphatic rings. The molecule has 2 heterocycles. The molecule has 2 atom stereocenters. The molecular weight excluding hydrogens is 608 g/mol. The SMILES string of the molecule is O=C(c1ccccc1N1C(=O)[C@@H]2[C@@H](C1=O)C1(Br)c3ccccc3C2(Br)c2ccccc21)N1CCCCCC1. The highest BCUT2D eigenvalue weighted by molar-refractivity contribution is 9.10. The van der Waals surface area contributed by atoms with Crippen molar-refractivity contribution < 1.29 is 14.4 Å². The third kappa shape index (κ3) is 3.00. The van der Waals surface area contributed by atoms with Gasteiger partial charge >= 0.3 is 0 Å². The number of anilines is 1. The van der Waals surface area contributed by atoms with E-state index in [1.165, 1.54) is 4.90 Å². The van der Waals surface area contributed by atoms with Crippen LogP contribution in [-0.4, -0.2) is 35.7 Å². The van der Waals surface area contributed by atoms with Crippen molar-refractivity contribution in [2.24, 2.45) is 11.8 Å². The maximum atomic E-state index is 14.4. The van der Waals surface area contributed by atoms with E-state index in [1.807, 2.05) is 53.4 Å². The summed E-state index contributed by atoms with van der Waals surface area (Å²) in [5.41, 5.74) is 4.76. The first kappa shape index (κ1) is 24.3. The number of nitrogens with zero attached hydrogens (tertiary/aromatic N) is 2. The molecule has 5 nitrogen and oxygen atoms in total. The highest BCUT2D eigenvalue weighted by Gasteiger charge is 2.72. The van der Waals surface area contributed by atoms with Crippen LogP contribution in [0, 0.1) is 11.8 Å². The van der Waals surface area contributed by atoms with Crippen molar-refractivity contribution in [2.45, 2.75) is 34.3 Å². The van der Waals surface area contributed by atoms with E-state index in [0.29, 0.717) is 24.3 Å². The van der Waals surface area contributed by atoms with Gasteiger partial charge in [0.1, 0.15) is 0 Å². The highest BCUT2D eigenvalue weighted by atomic mass is 79.9. The van der Waals surface area contributed by atoms with Crippen molar-refractivity contribution in [3.8, 4) is 0 Å². The topological polar surface area (TPSA) is 57.7 Å². The Labute approximate surface area is 238 Å². The monoisotopic (exact) mass is 632 g/mol. The highest BCUT2D eigenvalue weighted by Crippen LogP contribution is 2.70. The van der Waals surface area contributed by atoms with E-state index < -0.39 is 20.5 Å². The molecule has 0 radical (unpaired) electrons. The molecule has 3 amide bonds. The van der Waals surface area contributed by atoms with Crippen LogP contribution in [0.4, 0.5) is 5.69 Å². The molecule has 7 heteroatoms. The fraction of sp³-hybridized carbons (Fsp3) is 0.323. The first-order valence-electron chi connectivity index (χ1n) is 13.2. The number of para-hydroxylation sites is 1. The summed E-state index contributed by atoms with van der Waals surface area (Å²) in [6.45, 7) is 1.39. The smallest absolute Gasteiger partial charge is 0.255 e. The number of hydrogen-bond acceptors (Lipinski definition) is 3. The van der Waals surface area contributed by atoms with Gasteiger partial charge in [0.2, 0.25) is 11.8 Å². The molecule has 2 fully saturated rings. The van der Waals surface area contributed by atoms with Crippen LogP contribution in [0.3, 0.4) is 0 Å². The average molecular weight is 634 g/mol. The molecule has 3 aromatic rings. The Bertz CT molecular complexity index is 1390. The lowest BCUT2D eigenvalue weighted by molar-refractivity contribution is -0.122. The molecule has 0 spiro atoms. The van der Waals surface area contributed by atoms with Gasteiger partial charge in [-0.1, -0.05) is 105 Å². The van der Waals surface area contributed by atoms with E-state index in [-0.39, 0.29) is 17.7 Å². The molecule has 192 valence electrons. The number of imide groups is 1. The summed E-state index contributed by atoms with van der Waals surface area (Å²) in [4.78, 5) is 45.8.